The van der Waals surface area contributed by atoms with Gasteiger partial charge in [-0.1, -0.05) is 78.7 Å². The zero-order valence-electron chi connectivity index (χ0n) is 17.6. The summed E-state index contributed by atoms with van der Waals surface area (Å²) in [7, 11) is 0. The van der Waals surface area contributed by atoms with Crippen molar-refractivity contribution in [2.75, 3.05) is 13.2 Å². The quantitative estimate of drug-likeness (QED) is 0.282. The molecule has 0 bridgehead atoms. The van der Waals surface area contributed by atoms with Crippen molar-refractivity contribution in [2.24, 2.45) is 0 Å². The molecule has 0 radical (unpaired) electrons. The number of unbranched alkanes of at least 4 members (excludes halogenated alkanes) is 5. The van der Waals surface area contributed by atoms with Crippen LogP contribution in [0.25, 0.3) is 0 Å². The van der Waals surface area contributed by atoms with Gasteiger partial charge >= 0.3 is 0 Å². The molecule has 0 saturated heterocycles. The molecule has 2 aromatic carbocycles. The fourth-order valence-corrected chi connectivity index (χ4v) is 3.68. The van der Waals surface area contributed by atoms with Crippen molar-refractivity contribution in [1.82, 2.24) is 5.32 Å². The van der Waals surface area contributed by atoms with Gasteiger partial charge in [0.05, 0.1) is 6.61 Å². The third kappa shape index (κ3) is 8.98. The molecule has 0 saturated carbocycles. The molecule has 2 rings (SSSR count). The van der Waals surface area contributed by atoms with Crippen molar-refractivity contribution in [1.29, 1.82) is 0 Å². The summed E-state index contributed by atoms with van der Waals surface area (Å²) in [4.78, 5) is 0. The second-order valence-corrected chi connectivity index (χ2v) is 8.47. The summed E-state index contributed by atoms with van der Waals surface area (Å²) in [5.41, 5.74) is 2.25. The largest absolute Gasteiger partial charge is 0.490 e. The zero-order valence-corrected chi connectivity index (χ0v) is 19.9. The van der Waals surface area contributed by atoms with Crippen LogP contribution in [0.5, 0.6) is 11.5 Å². The van der Waals surface area contributed by atoms with Crippen molar-refractivity contribution < 1.29 is 9.47 Å². The van der Waals surface area contributed by atoms with Crippen LogP contribution in [0.2, 0.25) is 5.02 Å². The Labute approximate surface area is 189 Å². The van der Waals surface area contributed by atoms with Gasteiger partial charge in [-0.05, 0) is 55.3 Å². The lowest BCUT2D eigenvalue weighted by Crippen LogP contribution is -2.15. The molecule has 3 nitrogen and oxygen atoms in total. The van der Waals surface area contributed by atoms with Gasteiger partial charge in [-0.2, -0.15) is 0 Å². The predicted octanol–water partition coefficient (Wildman–Crippen LogP) is 7.53. The van der Waals surface area contributed by atoms with E-state index in [9.17, 15) is 0 Å². The molecular weight excluding hydrogens is 450 g/mol. The molecule has 0 aromatic heterocycles. The number of hydrogen-bond acceptors (Lipinski definition) is 3. The maximum Gasteiger partial charge on any atom is 0.162 e. The van der Waals surface area contributed by atoms with Gasteiger partial charge in [0, 0.05) is 16.0 Å². The van der Waals surface area contributed by atoms with Gasteiger partial charge in [0.25, 0.3) is 0 Å². The summed E-state index contributed by atoms with van der Waals surface area (Å²) in [5, 5.41) is 4.27. The number of ether oxygens (including phenoxy) is 2. The SMILES string of the molecule is CCCCCCCCNCc1cc(OCC)c(OCc2ccc(Cl)cc2)cc1Br. The Morgan fingerprint density at radius 3 is 2.31 bits per heavy atom. The van der Waals surface area contributed by atoms with E-state index < -0.39 is 0 Å². The van der Waals surface area contributed by atoms with Crippen molar-refractivity contribution in [3.05, 3.63) is 57.0 Å². The number of nitrogens with one attached hydrogen (secondary N) is 1. The Hall–Kier alpha value is -1.23. The second kappa shape index (κ2) is 13.9. The summed E-state index contributed by atoms with van der Waals surface area (Å²) in [6, 6.07) is 11.8. The molecular formula is C24H33BrClNO2. The maximum atomic E-state index is 6.02. The molecule has 0 heterocycles. The summed E-state index contributed by atoms with van der Waals surface area (Å²) in [6.07, 6.45) is 7.88. The van der Waals surface area contributed by atoms with E-state index in [1.54, 1.807) is 0 Å². The third-order valence-corrected chi connectivity index (χ3v) is 5.73. The lowest BCUT2D eigenvalue weighted by atomic mass is 10.1. The van der Waals surface area contributed by atoms with Crippen LogP contribution in [0, 0.1) is 0 Å². The number of hydrogen-bond donors (Lipinski definition) is 1. The molecule has 0 aliphatic rings. The average Bonchev–Trinajstić information content (AvgIpc) is 2.72. The standard InChI is InChI=1S/C24H33BrClNO2/c1-3-5-6-7-8-9-14-27-17-20-15-23(28-4-2)24(16-22(20)25)29-18-19-10-12-21(26)13-11-19/h10-13,15-16,27H,3-9,14,17-18H2,1-2H3. The van der Waals surface area contributed by atoms with Crippen molar-refractivity contribution >= 4 is 27.5 Å². The van der Waals surface area contributed by atoms with E-state index in [1.165, 1.54) is 44.1 Å². The molecule has 5 heteroatoms. The molecule has 0 fully saturated rings. The Bertz CT molecular complexity index is 722. The first-order valence-electron chi connectivity index (χ1n) is 10.7. The van der Waals surface area contributed by atoms with E-state index in [1.807, 2.05) is 37.3 Å². The lowest BCUT2D eigenvalue weighted by Gasteiger charge is -2.15. The van der Waals surface area contributed by atoms with Crippen molar-refractivity contribution in [2.45, 2.75) is 65.5 Å². The van der Waals surface area contributed by atoms with Crippen LogP contribution in [0.1, 0.15) is 63.5 Å². The normalized spacial score (nSPS) is 10.9. The van der Waals surface area contributed by atoms with Crippen LogP contribution in [-0.2, 0) is 13.2 Å². The van der Waals surface area contributed by atoms with E-state index in [4.69, 9.17) is 21.1 Å². The van der Waals surface area contributed by atoms with Crippen LogP contribution < -0.4 is 14.8 Å². The molecule has 0 aliphatic carbocycles. The Morgan fingerprint density at radius 2 is 1.59 bits per heavy atom. The van der Waals surface area contributed by atoms with Crippen LogP contribution in [0.15, 0.2) is 40.9 Å². The summed E-state index contributed by atoms with van der Waals surface area (Å²) < 4.78 is 12.9. The summed E-state index contributed by atoms with van der Waals surface area (Å²) in [6.45, 7) is 7.17. The molecule has 0 unspecified atom stereocenters. The fourth-order valence-electron chi connectivity index (χ4n) is 3.09. The number of rotatable bonds is 14. The second-order valence-electron chi connectivity index (χ2n) is 7.18. The van der Waals surface area contributed by atoms with Crippen LogP contribution in [0.3, 0.4) is 0 Å². The molecule has 0 aliphatic heterocycles. The molecule has 29 heavy (non-hydrogen) atoms. The highest BCUT2D eigenvalue weighted by Gasteiger charge is 2.11. The first-order chi connectivity index (χ1) is 14.1. The molecule has 0 amide bonds. The molecule has 0 atom stereocenters. The molecule has 0 spiro atoms. The van der Waals surface area contributed by atoms with Crippen LogP contribution in [-0.4, -0.2) is 13.2 Å². The van der Waals surface area contributed by atoms with Gasteiger partial charge in [0.1, 0.15) is 6.61 Å². The molecule has 160 valence electrons. The summed E-state index contributed by atoms with van der Waals surface area (Å²) >= 11 is 9.64. The third-order valence-electron chi connectivity index (χ3n) is 4.74. The maximum absolute atomic E-state index is 6.02. The van der Waals surface area contributed by atoms with Gasteiger partial charge in [-0.3, -0.25) is 0 Å². The highest BCUT2D eigenvalue weighted by Crippen LogP contribution is 2.34. The average molecular weight is 483 g/mol. The van der Waals surface area contributed by atoms with Crippen LogP contribution >= 0.6 is 27.5 Å². The van der Waals surface area contributed by atoms with E-state index in [0.29, 0.717) is 13.2 Å². The van der Waals surface area contributed by atoms with E-state index >= 15 is 0 Å². The topological polar surface area (TPSA) is 30.5 Å². The van der Waals surface area contributed by atoms with Crippen molar-refractivity contribution in [3.63, 3.8) is 0 Å². The first kappa shape index (κ1) is 24.0. The highest BCUT2D eigenvalue weighted by atomic mass is 79.9. The fraction of sp³-hybridized carbons (Fsp3) is 0.500. The minimum atomic E-state index is 0.472. The monoisotopic (exact) mass is 481 g/mol. The van der Waals surface area contributed by atoms with Gasteiger partial charge < -0.3 is 14.8 Å². The van der Waals surface area contributed by atoms with E-state index in [0.717, 1.165) is 39.6 Å². The van der Waals surface area contributed by atoms with Gasteiger partial charge in [-0.15, -0.1) is 0 Å². The van der Waals surface area contributed by atoms with Gasteiger partial charge in [-0.25, -0.2) is 0 Å². The molecule has 2 aromatic rings. The van der Waals surface area contributed by atoms with Crippen LogP contribution in [0.4, 0.5) is 0 Å². The summed E-state index contributed by atoms with van der Waals surface area (Å²) in [5.74, 6) is 1.52. The highest BCUT2D eigenvalue weighted by molar-refractivity contribution is 9.10. The van der Waals surface area contributed by atoms with Gasteiger partial charge in [0.2, 0.25) is 0 Å². The Balaban J connectivity index is 1.88. The number of benzene rings is 2. The van der Waals surface area contributed by atoms with E-state index in [-0.39, 0.29) is 0 Å². The lowest BCUT2D eigenvalue weighted by molar-refractivity contribution is 0.269. The van der Waals surface area contributed by atoms with Crippen molar-refractivity contribution in [3.8, 4) is 11.5 Å². The zero-order chi connectivity index (χ0) is 20.9. The molecule has 1 N–H and O–H groups in total. The Kier molecular flexibility index (Phi) is 11.5. The predicted molar refractivity (Wildman–Crippen MR) is 126 cm³/mol. The van der Waals surface area contributed by atoms with Gasteiger partial charge in [0.15, 0.2) is 11.5 Å². The Morgan fingerprint density at radius 1 is 0.897 bits per heavy atom. The smallest absolute Gasteiger partial charge is 0.162 e. The van der Waals surface area contributed by atoms with E-state index in [2.05, 4.69) is 34.2 Å². The first-order valence-corrected chi connectivity index (χ1v) is 11.8. The number of halogens is 2. The minimum absolute atomic E-state index is 0.472. The minimum Gasteiger partial charge on any atom is -0.490 e.